The van der Waals surface area contributed by atoms with Gasteiger partial charge in [-0.3, -0.25) is 0 Å². The molecule has 1 aliphatic carbocycles. The fourth-order valence-electron chi connectivity index (χ4n) is 2.79. The summed E-state index contributed by atoms with van der Waals surface area (Å²) in [6.07, 6.45) is 2.95. The molecular formula is C12H21NO2. The summed E-state index contributed by atoms with van der Waals surface area (Å²) in [6, 6.07) is 0.211. The van der Waals surface area contributed by atoms with Crippen LogP contribution in [0.1, 0.15) is 47.0 Å². The summed E-state index contributed by atoms with van der Waals surface area (Å²) in [5.41, 5.74) is 0.0769. The number of alkyl carbamates (subject to hydrolysis) is 1. The molecule has 3 atom stereocenters. The number of hydrogen-bond donors (Lipinski definition) is 1. The van der Waals surface area contributed by atoms with Crippen LogP contribution in [-0.2, 0) is 4.74 Å². The Balaban J connectivity index is 2.10. The first-order valence-electron chi connectivity index (χ1n) is 5.81. The zero-order chi connectivity index (χ0) is 11.3. The van der Waals surface area contributed by atoms with Crippen LogP contribution >= 0.6 is 0 Å². The van der Waals surface area contributed by atoms with Crippen molar-refractivity contribution in [1.82, 2.24) is 5.32 Å². The van der Waals surface area contributed by atoms with Gasteiger partial charge in [-0.1, -0.05) is 20.8 Å². The molecule has 0 bridgehead atoms. The van der Waals surface area contributed by atoms with E-state index in [0.29, 0.717) is 11.3 Å². The van der Waals surface area contributed by atoms with E-state index in [1.165, 1.54) is 0 Å². The molecule has 2 aliphatic rings. The standard InChI is InChI=1S/C12H21NO2/c1-11(2,3)8-5-6-12(4)9(7-8)13-10(14)15-12/h8-9H,5-7H2,1-4H3,(H,13,14)/t8-,9+,12+/m0/s1. The van der Waals surface area contributed by atoms with E-state index in [2.05, 4.69) is 33.0 Å². The minimum absolute atomic E-state index is 0.211. The largest absolute Gasteiger partial charge is 0.441 e. The number of carbonyl (C=O) groups excluding carboxylic acids is 1. The van der Waals surface area contributed by atoms with Gasteiger partial charge in [0.2, 0.25) is 0 Å². The van der Waals surface area contributed by atoms with Crippen molar-refractivity contribution < 1.29 is 9.53 Å². The number of hydrogen-bond acceptors (Lipinski definition) is 2. The van der Waals surface area contributed by atoms with E-state index in [0.717, 1.165) is 19.3 Å². The van der Waals surface area contributed by atoms with Gasteiger partial charge in [-0.2, -0.15) is 0 Å². The fraction of sp³-hybridized carbons (Fsp3) is 0.917. The lowest BCUT2D eigenvalue weighted by Crippen LogP contribution is -2.48. The Kier molecular flexibility index (Phi) is 2.25. The van der Waals surface area contributed by atoms with Crippen LogP contribution in [0.25, 0.3) is 0 Å². The Morgan fingerprint density at radius 3 is 2.73 bits per heavy atom. The second-order valence-corrected chi connectivity index (χ2v) is 6.24. The second kappa shape index (κ2) is 3.13. The van der Waals surface area contributed by atoms with Gasteiger partial charge in [-0.25, -0.2) is 4.79 Å². The van der Waals surface area contributed by atoms with Crippen molar-refractivity contribution in [3.63, 3.8) is 0 Å². The van der Waals surface area contributed by atoms with Crippen molar-refractivity contribution in [1.29, 1.82) is 0 Å². The van der Waals surface area contributed by atoms with Gasteiger partial charge in [0, 0.05) is 0 Å². The third-order valence-electron chi connectivity index (χ3n) is 4.09. The van der Waals surface area contributed by atoms with Crippen LogP contribution < -0.4 is 5.32 Å². The maximum Gasteiger partial charge on any atom is 0.408 e. The molecule has 0 aromatic heterocycles. The van der Waals surface area contributed by atoms with E-state index in [1.54, 1.807) is 0 Å². The zero-order valence-electron chi connectivity index (χ0n) is 10.1. The van der Waals surface area contributed by atoms with Crippen LogP contribution in [-0.4, -0.2) is 17.7 Å². The molecule has 0 radical (unpaired) electrons. The van der Waals surface area contributed by atoms with E-state index >= 15 is 0 Å². The molecule has 1 amide bonds. The van der Waals surface area contributed by atoms with Gasteiger partial charge in [0.15, 0.2) is 0 Å². The van der Waals surface area contributed by atoms with Crippen molar-refractivity contribution in [2.24, 2.45) is 11.3 Å². The summed E-state index contributed by atoms with van der Waals surface area (Å²) < 4.78 is 5.36. The Labute approximate surface area is 91.6 Å². The predicted octanol–water partition coefficient (Wildman–Crippen LogP) is 2.70. The van der Waals surface area contributed by atoms with E-state index in [1.807, 2.05) is 0 Å². The van der Waals surface area contributed by atoms with Gasteiger partial charge in [0.25, 0.3) is 0 Å². The molecule has 1 heterocycles. The maximum absolute atomic E-state index is 11.2. The summed E-state index contributed by atoms with van der Waals surface area (Å²) in [5, 5.41) is 2.94. The summed E-state index contributed by atoms with van der Waals surface area (Å²) in [4.78, 5) is 11.2. The van der Waals surface area contributed by atoms with Crippen LogP contribution in [0.3, 0.4) is 0 Å². The molecule has 1 saturated carbocycles. The Morgan fingerprint density at radius 1 is 1.47 bits per heavy atom. The van der Waals surface area contributed by atoms with Gasteiger partial charge in [-0.15, -0.1) is 0 Å². The summed E-state index contributed by atoms with van der Waals surface area (Å²) in [6.45, 7) is 8.88. The highest BCUT2D eigenvalue weighted by molar-refractivity contribution is 5.71. The minimum Gasteiger partial charge on any atom is -0.441 e. The van der Waals surface area contributed by atoms with Gasteiger partial charge in [0.1, 0.15) is 5.60 Å². The highest BCUT2D eigenvalue weighted by atomic mass is 16.6. The first-order chi connectivity index (χ1) is 6.81. The van der Waals surface area contributed by atoms with Crippen LogP contribution in [0.4, 0.5) is 4.79 Å². The molecule has 1 aliphatic heterocycles. The third-order valence-corrected chi connectivity index (χ3v) is 4.09. The number of nitrogens with one attached hydrogen (secondary N) is 1. The molecule has 1 N–H and O–H groups in total. The predicted molar refractivity (Wildman–Crippen MR) is 58.6 cm³/mol. The molecular weight excluding hydrogens is 190 g/mol. The summed E-state index contributed by atoms with van der Waals surface area (Å²) in [5.74, 6) is 0.678. The SMILES string of the molecule is CC(C)(C)[C@H]1CC[C@@]2(C)OC(=O)N[C@@H]2C1. The van der Waals surface area contributed by atoms with Gasteiger partial charge in [-0.05, 0) is 37.5 Å². The topological polar surface area (TPSA) is 38.3 Å². The summed E-state index contributed by atoms with van der Waals surface area (Å²) in [7, 11) is 0. The highest BCUT2D eigenvalue weighted by Gasteiger charge is 2.50. The monoisotopic (exact) mass is 211 g/mol. The van der Waals surface area contributed by atoms with Crippen molar-refractivity contribution in [3.05, 3.63) is 0 Å². The average molecular weight is 211 g/mol. The average Bonchev–Trinajstić information content (AvgIpc) is 2.35. The molecule has 0 spiro atoms. The van der Waals surface area contributed by atoms with E-state index in [9.17, 15) is 4.79 Å². The molecule has 2 fully saturated rings. The second-order valence-electron chi connectivity index (χ2n) is 6.24. The molecule has 0 aromatic rings. The van der Waals surface area contributed by atoms with Crippen LogP contribution in [0, 0.1) is 11.3 Å². The summed E-state index contributed by atoms with van der Waals surface area (Å²) >= 11 is 0. The molecule has 0 unspecified atom stereocenters. The van der Waals surface area contributed by atoms with Crippen LogP contribution in [0.15, 0.2) is 0 Å². The van der Waals surface area contributed by atoms with Crippen molar-refractivity contribution in [2.75, 3.05) is 0 Å². The molecule has 2 rings (SSSR count). The Bertz CT molecular complexity index is 282. The number of ether oxygens (including phenoxy) is 1. The fourth-order valence-corrected chi connectivity index (χ4v) is 2.79. The lowest BCUT2D eigenvalue weighted by Gasteiger charge is -2.42. The van der Waals surface area contributed by atoms with Crippen molar-refractivity contribution in [3.8, 4) is 0 Å². The molecule has 3 heteroatoms. The van der Waals surface area contributed by atoms with E-state index < -0.39 is 0 Å². The molecule has 0 aromatic carbocycles. The van der Waals surface area contributed by atoms with Crippen LogP contribution in [0.5, 0.6) is 0 Å². The normalized spacial score (nSPS) is 40.7. The van der Waals surface area contributed by atoms with Gasteiger partial charge >= 0.3 is 6.09 Å². The first kappa shape index (κ1) is 10.8. The van der Waals surface area contributed by atoms with Gasteiger partial charge < -0.3 is 10.1 Å². The van der Waals surface area contributed by atoms with E-state index in [-0.39, 0.29) is 17.7 Å². The van der Waals surface area contributed by atoms with Gasteiger partial charge in [0.05, 0.1) is 6.04 Å². The lowest BCUT2D eigenvalue weighted by molar-refractivity contribution is -0.00210. The molecule has 86 valence electrons. The zero-order valence-corrected chi connectivity index (χ0v) is 10.1. The quantitative estimate of drug-likeness (QED) is 0.669. The van der Waals surface area contributed by atoms with Crippen molar-refractivity contribution >= 4 is 6.09 Å². The Morgan fingerprint density at radius 2 is 2.13 bits per heavy atom. The highest BCUT2D eigenvalue weighted by Crippen LogP contribution is 2.44. The molecule has 3 nitrogen and oxygen atoms in total. The number of rotatable bonds is 0. The third kappa shape index (κ3) is 1.84. The first-order valence-corrected chi connectivity index (χ1v) is 5.81. The minimum atomic E-state index is -0.251. The van der Waals surface area contributed by atoms with Crippen molar-refractivity contribution in [2.45, 2.75) is 58.6 Å². The van der Waals surface area contributed by atoms with E-state index in [4.69, 9.17) is 4.74 Å². The lowest BCUT2D eigenvalue weighted by atomic mass is 9.67. The number of fused-ring (bicyclic) bond motifs is 1. The number of amides is 1. The molecule has 1 saturated heterocycles. The maximum atomic E-state index is 11.2. The smallest absolute Gasteiger partial charge is 0.408 e. The van der Waals surface area contributed by atoms with Crippen LogP contribution in [0.2, 0.25) is 0 Å². The Hall–Kier alpha value is -0.730. The molecule has 15 heavy (non-hydrogen) atoms. The number of carbonyl (C=O) groups is 1.